The highest BCUT2D eigenvalue weighted by Gasteiger charge is 2.26. The van der Waals surface area contributed by atoms with Crippen LogP contribution in [0, 0.1) is 0 Å². The number of hydrogen-bond acceptors (Lipinski definition) is 8. The third kappa shape index (κ3) is 5.44. The monoisotopic (exact) mass is 517 g/mol. The van der Waals surface area contributed by atoms with Crippen LogP contribution in [0.25, 0.3) is 10.8 Å². The maximum absolute atomic E-state index is 13.2. The summed E-state index contributed by atoms with van der Waals surface area (Å²) in [5.74, 6) is -1.71. The molecule has 9 nitrogen and oxygen atoms in total. The van der Waals surface area contributed by atoms with Gasteiger partial charge in [-0.25, -0.2) is 9.78 Å². The zero-order valence-corrected chi connectivity index (χ0v) is 21.9. The van der Waals surface area contributed by atoms with Gasteiger partial charge in [0.05, 0.1) is 5.69 Å². The predicted molar refractivity (Wildman–Crippen MR) is 147 cm³/mol. The van der Waals surface area contributed by atoms with Crippen molar-refractivity contribution in [2.75, 3.05) is 29.6 Å². The zero-order chi connectivity index (χ0) is 26.9. The summed E-state index contributed by atoms with van der Waals surface area (Å²) in [5, 5.41) is 16.7. The van der Waals surface area contributed by atoms with E-state index in [1.165, 1.54) is 0 Å². The van der Waals surface area contributed by atoms with E-state index in [4.69, 9.17) is 0 Å². The van der Waals surface area contributed by atoms with Gasteiger partial charge in [0.2, 0.25) is 5.95 Å². The first-order chi connectivity index (χ1) is 17.5. The summed E-state index contributed by atoms with van der Waals surface area (Å²) in [6, 6.07) is 13.9. The fourth-order valence-electron chi connectivity index (χ4n) is 3.69. The molecule has 0 fully saturated rings. The molecule has 2 heterocycles. The molecular formula is C27H27N5O4S. The fourth-order valence-corrected chi connectivity index (χ4v) is 4.70. The van der Waals surface area contributed by atoms with Gasteiger partial charge in [-0.05, 0) is 35.1 Å². The molecule has 0 atom stereocenters. The van der Waals surface area contributed by atoms with Gasteiger partial charge in [0.15, 0.2) is 0 Å². The van der Waals surface area contributed by atoms with E-state index in [1.807, 2.05) is 47.0 Å². The molecule has 0 aliphatic carbocycles. The molecule has 0 unspecified atom stereocenters. The minimum absolute atomic E-state index is 0.0163. The molecule has 0 saturated carbocycles. The van der Waals surface area contributed by atoms with Crippen LogP contribution in [0.1, 0.15) is 45.7 Å². The Hall–Kier alpha value is -4.31. The van der Waals surface area contributed by atoms with E-state index in [1.54, 1.807) is 47.5 Å². The van der Waals surface area contributed by atoms with Gasteiger partial charge in [-0.15, -0.1) is 11.3 Å². The van der Waals surface area contributed by atoms with Gasteiger partial charge in [-0.3, -0.25) is 9.59 Å². The Morgan fingerprint density at radius 2 is 1.68 bits per heavy atom. The number of carbonyl (C=O) groups excluding carboxylic acids is 2. The number of carbonyl (C=O) groups is 3. The molecule has 1 amide bonds. The van der Waals surface area contributed by atoms with Crippen molar-refractivity contribution >= 4 is 62.9 Å². The van der Waals surface area contributed by atoms with Gasteiger partial charge in [0.25, 0.3) is 11.7 Å². The first-order valence-electron chi connectivity index (χ1n) is 11.5. The highest BCUT2D eigenvalue weighted by Crippen LogP contribution is 2.36. The minimum Gasteiger partial charge on any atom is -0.477 e. The molecule has 0 saturated heterocycles. The lowest BCUT2D eigenvalue weighted by atomic mass is 9.94. The minimum atomic E-state index is -1.16. The number of Topliss-reactive ketones (excluding diaryl/α,β-unsaturated/α-hetero) is 1. The van der Waals surface area contributed by atoms with Gasteiger partial charge in [0, 0.05) is 41.8 Å². The summed E-state index contributed by atoms with van der Waals surface area (Å²) in [7, 11) is 3.69. The largest absolute Gasteiger partial charge is 0.477 e. The number of benzene rings is 2. The van der Waals surface area contributed by atoms with Crippen LogP contribution in [0.3, 0.4) is 0 Å². The van der Waals surface area contributed by atoms with Crippen LogP contribution in [-0.4, -0.2) is 46.8 Å². The van der Waals surface area contributed by atoms with Gasteiger partial charge >= 0.3 is 5.97 Å². The number of carboxylic acids is 1. The Morgan fingerprint density at radius 1 is 0.973 bits per heavy atom. The zero-order valence-electron chi connectivity index (χ0n) is 21.1. The molecule has 0 aliphatic heterocycles. The SMILES string of the molecule is CN(C)c1nccc(Nc2ccc(C(=O)C(=O)Nc3cc(C(C)(C)C)sc3C(=O)O)c3ccccc23)n1. The van der Waals surface area contributed by atoms with Crippen molar-refractivity contribution in [3.63, 3.8) is 0 Å². The fraction of sp³-hybridized carbons (Fsp3) is 0.222. The van der Waals surface area contributed by atoms with E-state index in [2.05, 4.69) is 20.6 Å². The highest BCUT2D eigenvalue weighted by molar-refractivity contribution is 7.14. The van der Waals surface area contributed by atoms with E-state index < -0.39 is 17.7 Å². The lowest BCUT2D eigenvalue weighted by Gasteiger charge is -2.15. The average molecular weight is 518 g/mol. The molecule has 2 aromatic heterocycles. The Bertz CT molecular complexity index is 1520. The molecule has 4 aromatic rings. The van der Waals surface area contributed by atoms with E-state index in [9.17, 15) is 19.5 Å². The molecular weight excluding hydrogens is 490 g/mol. The lowest BCUT2D eigenvalue weighted by Crippen LogP contribution is -2.23. The van der Waals surface area contributed by atoms with Crippen LogP contribution in [-0.2, 0) is 10.2 Å². The number of nitrogens with one attached hydrogen (secondary N) is 2. The number of nitrogens with zero attached hydrogens (tertiary/aromatic N) is 3. The molecule has 0 bridgehead atoms. The number of anilines is 4. The van der Waals surface area contributed by atoms with E-state index >= 15 is 0 Å². The normalized spacial score (nSPS) is 11.3. The summed E-state index contributed by atoms with van der Waals surface area (Å²) >= 11 is 1.08. The molecule has 2 aromatic carbocycles. The summed E-state index contributed by atoms with van der Waals surface area (Å²) < 4.78 is 0. The smallest absolute Gasteiger partial charge is 0.348 e. The van der Waals surface area contributed by atoms with Crippen LogP contribution in [0.5, 0.6) is 0 Å². The van der Waals surface area contributed by atoms with Crippen molar-refractivity contribution in [2.24, 2.45) is 0 Å². The molecule has 0 spiro atoms. The first kappa shape index (κ1) is 25.8. The third-order valence-corrected chi connectivity index (χ3v) is 7.14. The number of thiophene rings is 1. The maximum atomic E-state index is 13.2. The van der Waals surface area contributed by atoms with E-state index in [0.717, 1.165) is 21.6 Å². The molecule has 190 valence electrons. The molecule has 0 aliphatic rings. The van der Waals surface area contributed by atoms with Gasteiger partial charge in [-0.1, -0.05) is 45.0 Å². The second-order valence-corrected chi connectivity index (χ2v) is 10.7. The summed E-state index contributed by atoms with van der Waals surface area (Å²) in [4.78, 5) is 49.2. The van der Waals surface area contributed by atoms with Crippen molar-refractivity contribution < 1.29 is 19.5 Å². The molecule has 4 rings (SSSR count). The second-order valence-electron chi connectivity index (χ2n) is 9.66. The quantitative estimate of drug-likeness (QED) is 0.222. The standard InChI is InChI=1S/C27H27N5O4S/c1-27(2,3)20-14-19(23(37-20)25(35)36)30-24(34)22(33)17-10-11-18(16-9-7-6-8-15(16)17)29-21-12-13-28-26(31-21)32(4)5/h6-14H,1-5H3,(H,30,34)(H,35,36)(H,28,29,31). The number of aromatic nitrogens is 2. The van der Waals surface area contributed by atoms with Crippen molar-refractivity contribution in [3.8, 4) is 0 Å². The Kier molecular flexibility index (Phi) is 6.95. The molecule has 3 N–H and O–H groups in total. The Labute approximate surface area is 218 Å². The van der Waals surface area contributed by atoms with Crippen LogP contribution in [0.4, 0.5) is 23.1 Å². The van der Waals surface area contributed by atoms with Gasteiger partial charge in [-0.2, -0.15) is 4.98 Å². The van der Waals surface area contributed by atoms with Crippen LogP contribution in [0.15, 0.2) is 54.7 Å². The number of aromatic carboxylic acids is 1. The topological polar surface area (TPSA) is 125 Å². The number of rotatable bonds is 7. The number of hydrogen-bond donors (Lipinski definition) is 3. The van der Waals surface area contributed by atoms with Crippen LogP contribution >= 0.6 is 11.3 Å². The maximum Gasteiger partial charge on any atom is 0.348 e. The number of ketones is 1. The van der Waals surface area contributed by atoms with Crippen molar-refractivity contribution in [1.29, 1.82) is 0 Å². The van der Waals surface area contributed by atoms with Crippen molar-refractivity contribution in [3.05, 3.63) is 70.0 Å². The lowest BCUT2D eigenvalue weighted by molar-refractivity contribution is -0.112. The Morgan fingerprint density at radius 3 is 2.32 bits per heavy atom. The first-order valence-corrected chi connectivity index (χ1v) is 12.3. The molecule has 10 heteroatoms. The average Bonchev–Trinajstić information content (AvgIpc) is 3.29. The summed E-state index contributed by atoms with van der Waals surface area (Å²) in [5.41, 5.74) is 0.719. The predicted octanol–water partition coefficient (Wildman–Crippen LogP) is 5.32. The molecule has 0 radical (unpaired) electrons. The summed E-state index contributed by atoms with van der Waals surface area (Å²) in [6.45, 7) is 5.85. The summed E-state index contributed by atoms with van der Waals surface area (Å²) in [6.07, 6.45) is 1.65. The van der Waals surface area contributed by atoms with E-state index in [0.29, 0.717) is 22.8 Å². The van der Waals surface area contributed by atoms with Crippen molar-refractivity contribution in [1.82, 2.24) is 9.97 Å². The van der Waals surface area contributed by atoms with Crippen LogP contribution < -0.4 is 15.5 Å². The van der Waals surface area contributed by atoms with Crippen LogP contribution in [0.2, 0.25) is 0 Å². The van der Waals surface area contributed by atoms with Crippen molar-refractivity contribution in [2.45, 2.75) is 26.2 Å². The van der Waals surface area contributed by atoms with E-state index in [-0.39, 0.29) is 21.5 Å². The van der Waals surface area contributed by atoms with Gasteiger partial charge < -0.3 is 20.6 Å². The third-order valence-electron chi connectivity index (χ3n) is 5.59. The highest BCUT2D eigenvalue weighted by atomic mass is 32.1. The number of carboxylic acid groups (broad SMARTS) is 1. The Balaban J connectivity index is 1.65. The number of fused-ring (bicyclic) bond motifs is 1. The second kappa shape index (κ2) is 9.98. The van der Waals surface area contributed by atoms with Gasteiger partial charge in [0.1, 0.15) is 10.7 Å². The number of amides is 1. The molecule has 37 heavy (non-hydrogen) atoms.